The van der Waals surface area contributed by atoms with Crippen LogP contribution in [-0.2, 0) is 19.6 Å². The number of thioether (sulfide) groups is 1. The van der Waals surface area contributed by atoms with Crippen LogP contribution in [0.3, 0.4) is 0 Å². The first kappa shape index (κ1) is 21.6. The van der Waals surface area contributed by atoms with Crippen LogP contribution in [0.5, 0.6) is 0 Å². The molecule has 0 spiro atoms. The first-order chi connectivity index (χ1) is 14.4. The monoisotopic (exact) mass is 451 g/mol. The number of fused-ring (bicyclic) bond motifs is 1. The molecule has 3 aliphatic rings. The number of hydrogen-bond acceptors (Lipinski definition) is 5. The zero-order valence-corrected chi connectivity index (χ0v) is 18.9. The van der Waals surface area contributed by atoms with Gasteiger partial charge in [-0.3, -0.25) is 9.59 Å². The van der Waals surface area contributed by atoms with Crippen LogP contribution in [-0.4, -0.2) is 56.0 Å². The number of hydrogen-bond donors (Lipinski definition) is 1. The van der Waals surface area contributed by atoms with E-state index in [-0.39, 0.29) is 35.0 Å². The molecule has 4 rings (SSSR count). The van der Waals surface area contributed by atoms with Crippen LogP contribution in [0, 0.1) is 5.92 Å². The minimum Gasteiger partial charge on any atom is -0.352 e. The fourth-order valence-corrected chi connectivity index (χ4v) is 6.97. The first-order valence-corrected chi connectivity index (χ1v) is 13.2. The number of nitrogens with one attached hydrogen (secondary N) is 1. The van der Waals surface area contributed by atoms with Crippen LogP contribution >= 0.6 is 11.8 Å². The SMILES string of the molecule is C[C@H]1CCCC[C@@H]1NC(=O)CN1C(=O)CSc2ccc(S(=O)(=O)N3CCCC3)cc21. The van der Waals surface area contributed by atoms with Crippen molar-refractivity contribution >= 4 is 39.3 Å². The molecule has 9 heteroatoms. The number of nitrogens with zero attached hydrogens (tertiary/aromatic N) is 2. The van der Waals surface area contributed by atoms with Crippen molar-refractivity contribution in [2.24, 2.45) is 5.92 Å². The van der Waals surface area contributed by atoms with Gasteiger partial charge in [0.05, 0.1) is 16.3 Å². The average Bonchev–Trinajstić information content (AvgIpc) is 3.27. The van der Waals surface area contributed by atoms with Crippen molar-refractivity contribution in [1.82, 2.24) is 9.62 Å². The van der Waals surface area contributed by atoms with Crippen molar-refractivity contribution in [2.45, 2.75) is 61.3 Å². The van der Waals surface area contributed by atoms with E-state index in [0.717, 1.165) is 37.0 Å². The Hall–Kier alpha value is -1.58. The molecule has 1 saturated heterocycles. The molecule has 0 unspecified atom stereocenters. The lowest BCUT2D eigenvalue weighted by atomic mass is 9.86. The van der Waals surface area contributed by atoms with Crippen molar-refractivity contribution in [3.8, 4) is 0 Å². The molecule has 0 radical (unpaired) electrons. The Kier molecular flexibility index (Phi) is 6.41. The van der Waals surface area contributed by atoms with Crippen molar-refractivity contribution in [1.29, 1.82) is 0 Å². The summed E-state index contributed by atoms with van der Waals surface area (Å²) >= 11 is 1.38. The largest absolute Gasteiger partial charge is 0.352 e. The van der Waals surface area contributed by atoms with Gasteiger partial charge in [-0.1, -0.05) is 19.8 Å². The molecule has 1 saturated carbocycles. The number of carbonyl (C=O) groups excluding carboxylic acids is 2. The van der Waals surface area contributed by atoms with Crippen LogP contribution < -0.4 is 10.2 Å². The second-order valence-corrected chi connectivity index (χ2v) is 11.4. The Balaban J connectivity index is 1.55. The fraction of sp³-hybridized carbons (Fsp3) is 0.619. The second-order valence-electron chi connectivity index (χ2n) is 8.45. The van der Waals surface area contributed by atoms with E-state index in [2.05, 4.69) is 12.2 Å². The van der Waals surface area contributed by atoms with Gasteiger partial charge >= 0.3 is 0 Å². The molecular formula is C21H29N3O4S2. The van der Waals surface area contributed by atoms with E-state index in [9.17, 15) is 18.0 Å². The van der Waals surface area contributed by atoms with Gasteiger partial charge in [-0.2, -0.15) is 4.31 Å². The average molecular weight is 452 g/mol. The van der Waals surface area contributed by atoms with Crippen molar-refractivity contribution < 1.29 is 18.0 Å². The van der Waals surface area contributed by atoms with Crippen LogP contribution in [0.2, 0.25) is 0 Å². The predicted molar refractivity (Wildman–Crippen MR) is 117 cm³/mol. The fourth-order valence-electron chi connectivity index (χ4n) is 4.52. The van der Waals surface area contributed by atoms with Crippen LogP contribution in [0.25, 0.3) is 0 Å². The zero-order chi connectivity index (χ0) is 21.3. The summed E-state index contributed by atoms with van der Waals surface area (Å²) in [6.45, 7) is 3.12. The highest BCUT2D eigenvalue weighted by Crippen LogP contribution is 2.37. The van der Waals surface area contributed by atoms with Gasteiger partial charge in [0, 0.05) is 24.0 Å². The Morgan fingerprint density at radius 1 is 1.17 bits per heavy atom. The summed E-state index contributed by atoms with van der Waals surface area (Å²) in [4.78, 5) is 27.8. The van der Waals surface area contributed by atoms with Crippen molar-refractivity contribution in [3.63, 3.8) is 0 Å². The van der Waals surface area contributed by atoms with Gasteiger partial charge in [0.15, 0.2) is 0 Å². The molecule has 2 aliphatic heterocycles. The minimum atomic E-state index is -3.59. The number of sulfonamides is 1. The normalized spacial score (nSPS) is 25.2. The van der Waals surface area contributed by atoms with Crippen molar-refractivity contribution in [2.75, 3.05) is 30.3 Å². The van der Waals surface area contributed by atoms with E-state index in [0.29, 0.717) is 24.7 Å². The highest BCUT2D eigenvalue weighted by molar-refractivity contribution is 8.00. The number of benzene rings is 1. The Morgan fingerprint density at radius 3 is 2.63 bits per heavy atom. The van der Waals surface area contributed by atoms with Gasteiger partial charge in [-0.05, 0) is 49.8 Å². The predicted octanol–water partition coefficient (Wildman–Crippen LogP) is 2.60. The number of rotatable bonds is 5. The molecule has 2 atom stereocenters. The Bertz CT molecular complexity index is 928. The molecular weight excluding hydrogens is 422 g/mol. The summed E-state index contributed by atoms with van der Waals surface area (Å²) in [6.07, 6.45) is 6.09. The molecule has 0 aromatic heterocycles. The van der Waals surface area contributed by atoms with E-state index in [1.807, 2.05) is 0 Å². The zero-order valence-electron chi connectivity index (χ0n) is 17.3. The van der Waals surface area contributed by atoms with E-state index in [4.69, 9.17) is 0 Å². The maximum absolute atomic E-state index is 13.0. The minimum absolute atomic E-state index is 0.0805. The summed E-state index contributed by atoms with van der Waals surface area (Å²) in [5.41, 5.74) is 0.517. The summed E-state index contributed by atoms with van der Waals surface area (Å²) in [5, 5.41) is 3.09. The summed E-state index contributed by atoms with van der Waals surface area (Å²) < 4.78 is 27.4. The highest BCUT2D eigenvalue weighted by atomic mass is 32.2. The first-order valence-electron chi connectivity index (χ1n) is 10.7. The molecule has 7 nitrogen and oxygen atoms in total. The molecule has 1 aromatic rings. The van der Waals surface area contributed by atoms with Gasteiger partial charge in [-0.15, -0.1) is 11.8 Å². The third kappa shape index (κ3) is 4.38. The number of carbonyl (C=O) groups is 2. The highest BCUT2D eigenvalue weighted by Gasteiger charge is 2.32. The Labute approximate surface area is 182 Å². The lowest BCUT2D eigenvalue weighted by Crippen LogP contribution is -2.48. The summed E-state index contributed by atoms with van der Waals surface area (Å²) in [6, 6.07) is 5.06. The van der Waals surface area contributed by atoms with Crippen LogP contribution in [0.15, 0.2) is 28.0 Å². The standard InChI is InChI=1S/C21H29N3O4S2/c1-15-6-2-3-7-17(15)22-20(25)13-24-18-12-16(8-9-19(18)29-14-21(24)26)30(27,28)23-10-4-5-11-23/h8-9,12,15,17H,2-7,10-11,13-14H2,1H3,(H,22,25)/t15-,17-/m0/s1. The van der Waals surface area contributed by atoms with E-state index in [1.54, 1.807) is 18.2 Å². The molecule has 164 valence electrons. The van der Waals surface area contributed by atoms with Gasteiger partial charge in [0.25, 0.3) is 0 Å². The molecule has 30 heavy (non-hydrogen) atoms. The lowest BCUT2D eigenvalue weighted by molar-refractivity contribution is -0.123. The van der Waals surface area contributed by atoms with Gasteiger partial charge in [0.1, 0.15) is 6.54 Å². The van der Waals surface area contributed by atoms with Gasteiger partial charge in [0.2, 0.25) is 21.8 Å². The summed E-state index contributed by atoms with van der Waals surface area (Å²) in [5.74, 6) is 0.320. The smallest absolute Gasteiger partial charge is 0.243 e. The van der Waals surface area contributed by atoms with E-state index in [1.165, 1.54) is 27.4 Å². The van der Waals surface area contributed by atoms with E-state index < -0.39 is 10.0 Å². The molecule has 1 aliphatic carbocycles. The maximum Gasteiger partial charge on any atom is 0.243 e. The second kappa shape index (κ2) is 8.88. The number of amides is 2. The molecule has 1 aromatic carbocycles. The third-order valence-corrected chi connectivity index (χ3v) is 9.28. The molecule has 2 fully saturated rings. The quantitative estimate of drug-likeness (QED) is 0.744. The Morgan fingerprint density at radius 2 is 1.90 bits per heavy atom. The maximum atomic E-state index is 13.0. The van der Waals surface area contributed by atoms with E-state index >= 15 is 0 Å². The topological polar surface area (TPSA) is 86.8 Å². The van der Waals surface area contributed by atoms with Crippen LogP contribution in [0.1, 0.15) is 45.4 Å². The van der Waals surface area contributed by atoms with Crippen LogP contribution in [0.4, 0.5) is 5.69 Å². The third-order valence-electron chi connectivity index (χ3n) is 6.34. The number of anilines is 1. The van der Waals surface area contributed by atoms with Gasteiger partial charge < -0.3 is 10.2 Å². The van der Waals surface area contributed by atoms with Gasteiger partial charge in [-0.25, -0.2) is 8.42 Å². The molecule has 0 bridgehead atoms. The van der Waals surface area contributed by atoms with Crippen molar-refractivity contribution in [3.05, 3.63) is 18.2 Å². The summed E-state index contributed by atoms with van der Waals surface area (Å²) in [7, 11) is -3.59. The lowest BCUT2D eigenvalue weighted by Gasteiger charge is -2.32. The molecule has 1 N–H and O–H groups in total. The molecule has 2 amide bonds. The molecule has 2 heterocycles.